The fourth-order valence-corrected chi connectivity index (χ4v) is 4.11. The van der Waals surface area contributed by atoms with E-state index in [9.17, 15) is 9.18 Å². The molecule has 2 aliphatic rings. The highest BCUT2D eigenvalue weighted by Crippen LogP contribution is 2.34. The minimum atomic E-state index is -0.405. The molecule has 2 amide bonds. The first kappa shape index (κ1) is 20.9. The number of benzene rings is 1. The molecule has 0 radical (unpaired) electrons. The summed E-state index contributed by atoms with van der Waals surface area (Å²) in [5, 5.41) is 6.45. The largest absolute Gasteiger partial charge is 0.495 e. The van der Waals surface area contributed by atoms with E-state index in [1.165, 1.54) is 32.2 Å². The molecule has 1 aliphatic heterocycles. The van der Waals surface area contributed by atoms with E-state index >= 15 is 0 Å². The fourth-order valence-electron chi connectivity index (χ4n) is 3.98. The number of carbonyl (C=O) groups excluding carboxylic acids is 1. The molecule has 1 saturated carbocycles. The van der Waals surface area contributed by atoms with Crippen molar-refractivity contribution in [3.63, 3.8) is 0 Å². The monoisotopic (exact) mass is 432 g/mol. The van der Waals surface area contributed by atoms with E-state index in [0.717, 1.165) is 25.4 Å². The fraction of sp³-hybridized carbons (Fsp3) is 0.455. The molecule has 8 heteroatoms. The lowest BCUT2D eigenvalue weighted by molar-refractivity contribution is 0.166. The summed E-state index contributed by atoms with van der Waals surface area (Å²) in [7, 11) is 1.49. The lowest BCUT2D eigenvalue weighted by Crippen LogP contribution is -2.51. The average molecular weight is 433 g/mol. The number of nitrogens with zero attached hydrogens (tertiary/aromatic N) is 2. The van der Waals surface area contributed by atoms with Gasteiger partial charge >= 0.3 is 6.03 Å². The lowest BCUT2D eigenvalue weighted by Gasteiger charge is -2.38. The summed E-state index contributed by atoms with van der Waals surface area (Å²) in [6.07, 6.45) is 4.80. The number of anilines is 1. The average Bonchev–Trinajstić information content (AvgIpc) is 3.55. The van der Waals surface area contributed by atoms with Crippen molar-refractivity contribution in [1.29, 1.82) is 0 Å². The first-order valence-electron chi connectivity index (χ1n) is 10.3. The number of halogens is 2. The number of nitrogens with one attached hydrogen (secondary N) is 2. The zero-order chi connectivity index (χ0) is 21.1. The number of hydrogen-bond donors (Lipinski definition) is 2. The van der Waals surface area contributed by atoms with Gasteiger partial charge in [0.25, 0.3) is 0 Å². The second kappa shape index (κ2) is 9.18. The maximum atomic E-state index is 14.8. The van der Waals surface area contributed by atoms with Crippen LogP contribution >= 0.6 is 11.6 Å². The number of likely N-dealkylation sites (tertiary alicyclic amines) is 1. The molecule has 30 heavy (non-hydrogen) atoms. The van der Waals surface area contributed by atoms with E-state index in [0.29, 0.717) is 28.7 Å². The predicted molar refractivity (Wildman–Crippen MR) is 115 cm³/mol. The van der Waals surface area contributed by atoms with Crippen LogP contribution in [-0.2, 0) is 0 Å². The zero-order valence-corrected chi connectivity index (χ0v) is 17.7. The third-order valence-electron chi connectivity index (χ3n) is 5.76. The molecule has 160 valence electrons. The summed E-state index contributed by atoms with van der Waals surface area (Å²) in [5.41, 5.74) is 1.02. The Labute approximate surface area is 180 Å². The molecule has 0 spiro atoms. The topological polar surface area (TPSA) is 66.5 Å². The quantitative estimate of drug-likeness (QED) is 0.715. The molecular weight excluding hydrogens is 407 g/mol. The van der Waals surface area contributed by atoms with Crippen LogP contribution in [0.25, 0.3) is 0 Å². The van der Waals surface area contributed by atoms with Crippen LogP contribution in [0.3, 0.4) is 0 Å². The Morgan fingerprint density at radius 1 is 1.30 bits per heavy atom. The van der Waals surface area contributed by atoms with Gasteiger partial charge in [-0.25, -0.2) is 9.18 Å². The van der Waals surface area contributed by atoms with Gasteiger partial charge in [0.1, 0.15) is 11.6 Å². The molecule has 2 N–H and O–H groups in total. The first-order chi connectivity index (χ1) is 14.5. The Morgan fingerprint density at radius 2 is 2.07 bits per heavy atom. The van der Waals surface area contributed by atoms with Crippen LogP contribution in [-0.4, -0.2) is 48.7 Å². The van der Waals surface area contributed by atoms with Crippen molar-refractivity contribution in [2.24, 2.45) is 5.92 Å². The summed E-state index contributed by atoms with van der Waals surface area (Å²) in [6.45, 7) is 2.56. The summed E-state index contributed by atoms with van der Waals surface area (Å²) in [4.78, 5) is 19.3. The third kappa shape index (κ3) is 5.21. The molecule has 1 aromatic heterocycles. The highest BCUT2D eigenvalue weighted by atomic mass is 35.5. The van der Waals surface area contributed by atoms with Crippen LogP contribution in [0.1, 0.15) is 30.9 Å². The van der Waals surface area contributed by atoms with Crippen LogP contribution in [0.15, 0.2) is 36.5 Å². The second-order valence-corrected chi connectivity index (χ2v) is 8.49. The van der Waals surface area contributed by atoms with Crippen molar-refractivity contribution < 1.29 is 13.9 Å². The van der Waals surface area contributed by atoms with Crippen LogP contribution in [0.5, 0.6) is 5.75 Å². The molecule has 2 fully saturated rings. The number of hydrogen-bond acceptors (Lipinski definition) is 4. The molecule has 2 unspecified atom stereocenters. The molecule has 6 nitrogen and oxygen atoms in total. The maximum Gasteiger partial charge on any atom is 0.319 e. The van der Waals surface area contributed by atoms with Crippen LogP contribution in [0.2, 0.25) is 5.02 Å². The van der Waals surface area contributed by atoms with E-state index in [4.69, 9.17) is 16.3 Å². The molecule has 2 aromatic rings. The summed E-state index contributed by atoms with van der Waals surface area (Å²) >= 11 is 5.90. The number of rotatable bonds is 6. The molecule has 1 aliphatic carbocycles. The molecule has 1 aromatic carbocycles. The maximum absolute atomic E-state index is 14.8. The smallest absolute Gasteiger partial charge is 0.319 e. The number of urea groups is 1. The normalized spacial score (nSPS) is 21.8. The van der Waals surface area contributed by atoms with Gasteiger partial charge in [-0.3, -0.25) is 4.98 Å². The number of aromatic nitrogens is 1. The van der Waals surface area contributed by atoms with Crippen molar-refractivity contribution in [1.82, 2.24) is 15.2 Å². The van der Waals surface area contributed by atoms with Gasteiger partial charge in [0.15, 0.2) is 0 Å². The highest BCUT2D eigenvalue weighted by molar-refractivity contribution is 6.30. The van der Waals surface area contributed by atoms with Crippen LogP contribution in [0.4, 0.5) is 14.9 Å². The predicted octanol–water partition coefficient (Wildman–Crippen LogP) is 4.27. The third-order valence-corrected chi connectivity index (χ3v) is 6.01. The Bertz CT molecular complexity index is 891. The van der Waals surface area contributed by atoms with Crippen molar-refractivity contribution in [2.45, 2.75) is 31.2 Å². The van der Waals surface area contributed by atoms with Gasteiger partial charge in [-0.05, 0) is 49.4 Å². The molecular formula is C22H26ClFN4O2. The van der Waals surface area contributed by atoms with Crippen molar-refractivity contribution in [2.75, 3.05) is 32.1 Å². The van der Waals surface area contributed by atoms with Gasteiger partial charge in [0.2, 0.25) is 0 Å². The Hall–Kier alpha value is -2.38. The van der Waals surface area contributed by atoms with Gasteiger partial charge in [0.05, 0.1) is 19.0 Å². The molecule has 2 heterocycles. The van der Waals surface area contributed by atoms with E-state index in [1.807, 2.05) is 0 Å². The van der Waals surface area contributed by atoms with Gasteiger partial charge in [-0.2, -0.15) is 0 Å². The molecule has 1 saturated heterocycles. The van der Waals surface area contributed by atoms with Crippen molar-refractivity contribution in [3.05, 3.63) is 53.1 Å². The summed E-state index contributed by atoms with van der Waals surface area (Å²) < 4.78 is 19.9. The minimum Gasteiger partial charge on any atom is -0.495 e. The number of ether oxygens (including phenoxy) is 1. The number of pyridine rings is 1. The Balaban J connectivity index is 1.48. The van der Waals surface area contributed by atoms with Crippen molar-refractivity contribution in [3.8, 4) is 5.75 Å². The molecule has 0 bridgehead atoms. The number of piperidine rings is 1. The summed E-state index contributed by atoms with van der Waals surface area (Å²) in [5.74, 6) is 0.487. The summed E-state index contributed by atoms with van der Waals surface area (Å²) in [6, 6.07) is 7.72. The number of amides is 2. The Morgan fingerprint density at radius 3 is 2.73 bits per heavy atom. The number of carbonyl (C=O) groups is 1. The SMILES string of the molecule is COc1cnc(C2CN(CC3CC3)CCC2NC(=O)Nc2ccc(Cl)cc2)c(F)c1. The van der Waals surface area contributed by atoms with Crippen LogP contribution < -0.4 is 15.4 Å². The van der Waals surface area contributed by atoms with Crippen LogP contribution in [0, 0.1) is 11.7 Å². The van der Waals surface area contributed by atoms with Gasteiger partial charge in [0, 0.05) is 48.4 Å². The minimum absolute atomic E-state index is 0.219. The highest BCUT2D eigenvalue weighted by Gasteiger charge is 2.36. The van der Waals surface area contributed by atoms with Crippen molar-refractivity contribution >= 4 is 23.3 Å². The molecule has 2 atom stereocenters. The van der Waals surface area contributed by atoms with Gasteiger partial charge in [-0.15, -0.1) is 0 Å². The lowest BCUT2D eigenvalue weighted by atomic mass is 9.88. The number of methoxy groups -OCH3 is 1. The van der Waals surface area contributed by atoms with Gasteiger partial charge in [-0.1, -0.05) is 11.6 Å². The molecule has 4 rings (SSSR count). The van der Waals surface area contributed by atoms with E-state index < -0.39 is 5.82 Å². The zero-order valence-electron chi connectivity index (χ0n) is 16.9. The second-order valence-electron chi connectivity index (χ2n) is 8.05. The Kier molecular flexibility index (Phi) is 6.39. The standard InChI is InChI=1S/C22H26ClFN4O2/c1-30-17-10-19(24)21(25-11-17)18-13-28(12-14-2-3-14)9-8-20(18)27-22(29)26-16-6-4-15(23)5-7-16/h4-7,10-11,14,18,20H,2-3,8-9,12-13H2,1H3,(H2,26,27,29). The van der Waals surface area contributed by atoms with Gasteiger partial charge < -0.3 is 20.3 Å². The van der Waals surface area contributed by atoms with E-state index in [1.54, 1.807) is 24.3 Å². The van der Waals surface area contributed by atoms with E-state index in [-0.39, 0.29) is 18.0 Å². The first-order valence-corrected chi connectivity index (χ1v) is 10.6. The van der Waals surface area contributed by atoms with E-state index in [2.05, 4.69) is 20.5 Å².